The number of aromatic nitrogens is 3. The maximum absolute atomic E-state index is 13.3. The third-order valence-electron chi connectivity index (χ3n) is 4.87. The van der Waals surface area contributed by atoms with Gasteiger partial charge in [-0.25, -0.2) is 0 Å². The molecule has 0 bridgehead atoms. The van der Waals surface area contributed by atoms with Crippen LogP contribution in [-0.4, -0.2) is 26.4 Å². The minimum Gasteiger partial charge on any atom is -0.305 e. The average Bonchev–Trinajstić information content (AvgIpc) is 3.16. The van der Waals surface area contributed by atoms with Gasteiger partial charge in [0.15, 0.2) is 11.0 Å². The summed E-state index contributed by atoms with van der Waals surface area (Å²) in [4.78, 5) is 17.3. The fourth-order valence-corrected chi connectivity index (χ4v) is 5.26. The molecule has 0 unspecified atom stereocenters. The Hall–Kier alpha value is -3.03. The first-order valence-corrected chi connectivity index (χ1v) is 11.3. The zero-order valence-electron chi connectivity index (χ0n) is 16.2. The van der Waals surface area contributed by atoms with Crippen LogP contribution in [0.2, 0.25) is 0 Å². The van der Waals surface area contributed by atoms with E-state index >= 15 is 0 Å². The van der Waals surface area contributed by atoms with Gasteiger partial charge in [-0.15, -0.1) is 10.2 Å². The van der Waals surface area contributed by atoms with Crippen molar-refractivity contribution >= 4 is 40.8 Å². The molecular weight excluding hydrogens is 412 g/mol. The highest BCUT2D eigenvalue weighted by molar-refractivity contribution is 8.00. The molecule has 7 heteroatoms. The quantitative estimate of drug-likeness (QED) is 0.406. The minimum atomic E-state index is 0.0180. The highest BCUT2D eigenvalue weighted by atomic mass is 32.2. The number of amides is 1. The Morgan fingerprint density at radius 2 is 1.47 bits per heavy atom. The molecule has 4 aromatic rings. The molecule has 0 N–H and O–H groups in total. The van der Waals surface area contributed by atoms with Gasteiger partial charge in [-0.1, -0.05) is 78.1 Å². The van der Waals surface area contributed by atoms with E-state index in [-0.39, 0.29) is 11.7 Å². The molecule has 30 heavy (non-hydrogen) atoms. The first-order chi connectivity index (χ1) is 14.7. The van der Waals surface area contributed by atoms with Crippen LogP contribution in [0.4, 0.5) is 11.4 Å². The standard InChI is InChI=1S/C23H18N4OS2/c1-26-22(16-9-3-2-4-10-16)24-25-23(26)29-15-21(28)27-17-11-5-7-13-19(17)30-20-14-8-6-12-18(20)27/h2-14H,15H2,1H3. The summed E-state index contributed by atoms with van der Waals surface area (Å²) in [6.07, 6.45) is 0. The number of carbonyl (C=O) groups is 1. The molecule has 0 atom stereocenters. The minimum absolute atomic E-state index is 0.0180. The number of rotatable bonds is 4. The van der Waals surface area contributed by atoms with E-state index in [0.29, 0.717) is 0 Å². The molecule has 2 heterocycles. The second-order valence-electron chi connectivity index (χ2n) is 6.79. The number of carbonyl (C=O) groups excluding carboxylic acids is 1. The molecule has 0 saturated carbocycles. The Labute approximate surface area is 183 Å². The average molecular weight is 431 g/mol. The Morgan fingerprint density at radius 3 is 2.13 bits per heavy atom. The van der Waals surface area contributed by atoms with Crippen LogP contribution in [0, 0.1) is 0 Å². The first-order valence-electron chi connectivity index (χ1n) is 9.49. The number of fused-ring (bicyclic) bond motifs is 2. The second kappa shape index (κ2) is 8.01. The highest BCUT2D eigenvalue weighted by Crippen LogP contribution is 2.48. The van der Waals surface area contributed by atoms with Crippen molar-refractivity contribution in [3.8, 4) is 11.4 Å². The van der Waals surface area contributed by atoms with Gasteiger partial charge in [0, 0.05) is 22.4 Å². The Balaban J connectivity index is 1.40. The Kier molecular flexibility index (Phi) is 5.06. The number of para-hydroxylation sites is 2. The lowest BCUT2D eigenvalue weighted by molar-refractivity contribution is -0.115. The zero-order chi connectivity index (χ0) is 20.5. The maximum Gasteiger partial charge on any atom is 0.242 e. The van der Waals surface area contributed by atoms with Gasteiger partial charge < -0.3 is 4.57 Å². The monoisotopic (exact) mass is 430 g/mol. The molecule has 1 aliphatic rings. The molecule has 148 valence electrons. The molecule has 0 aliphatic carbocycles. The highest BCUT2D eigenvalue weighted by Gasteiger charge is 2.28. The fourth-order valence-electron chi connectivity index (χ4n) is 3.44. The summed E-state index contributed by atoms with van der Waals surface area (Å²) in [6, 6.07) is 26.0. The van der Waals surface area contributed by atoms with Gasteiger partial charge >= 0.3 is 0 Å². The van der Waals surface area contributed by atoms with Crippen LogP contribution in [-0.2, 0) is 11.8 Å². The van der Waals surface area contributed by atoms with Crippen LogP contribution in [0.3, 0.4) is 0 Å². The number of nitrogens with zero attached hydrogens (tertiary/aromatic N) is 4. The summed E-state index contributed by atoms with van der Waals surface area (Å²) < 4.78 is 1.93. The second-order valence-corrected chi connectivity index (χ2v) is 8.81. The number of anilines is 2. The first kappa shape index (κ1) is 19.0. The summed E-state index contributed by atoms with van der Waals surface area (Å²) in [5.74, 6) is 1.08. The molecular formula is C23H18N4OS2. The van der Waals surface area contributed by atoms with E-state index in [4.69, 9.17) is 0 Å². The Bertz CT molecular complexity index is 1180. The van der Waals surface area contributed by atoms with E-state index in [1.54, 1.807) is 11.8 Å². The summed E-state index contributed by atoms with van der Waals surface area (Å²) >= 11 is 3.10. The van der Waals surface area contributed by atoms with Crippen LogP contribution < -0.4 is 4.90 Å². The molecule has 5 rings (SSSR count). The molecule has 1 aliphatic heterocycles. The van der Waals surface area contributed by atoms with Crippen molar-refractivity contribution in [2.24, 2.45) is 7.05 Å². The van der Waals surface area contributed by atoms with Crippen molar-refractivity contribution in [3.63, 3.8) is 0 Å². The predicted octanol–water partition coefficient (Wildman–Crippen LogP) is 5.40. The van der Waals surface area contributed by atoms with E-state index in [2.05, 4.69) is 22.3 Å². The van der Waals surface area contributed by atoms with Crippen molar-refractivity contribution in [1.82, 2.24) is 14.8 Å². The van der Waals surface area contributed by atoms with E-state index in [0.717, 1.165) is 37.7 Å². The van der Waals surface area contributed by atoms with E-state index < -0.39 is 0 Å². The molecule has 1 amide bonds. The lowest BCUT2D eigenvalue weighted by Crippen LogP contribution is -2.30. The molecule has 0 radical (unpaired) electrons. The Morgan fingerprint density at radius 1 is 0.867 bits per heavy atom. The molecule has 5 nitrogen and oxygen atoms in total. The number of hydrogen-bond donors (Lipinski definition) is 0. The SMILES string of the molecule is Cn1c(SCC(=O)N2c3ccccc3Sc3ccccc32)nnc1-c1ccccc1. The van der Waals surface area contributed by atoms with Crippen LogP contribution >= 0.6 is 23.5 Å². The predicted molar refractivity (Wildman–Crippen MR) is 121 cm³/mol. The van der Waals surface area contributed by atoms with Crippen LogP contribution in [0.1, 0.15) is 0 Å². The normalized spacial score (nSPS) is 12.4. The smallest absolute Gasteiger partial charge is 0.242 e. The van der Waals surface area contributed by atoms with E-state index in [1.165, 1.54) is 11.8 Å². The summed E-state index contributed by atoms with van der Waals surface area (Å²) in [5, 5.41) is 9.33. The third-order valence-corrected chi connectivity index (χ3v) is 7.01. The van der Waals surface area contributed by atoms with Crippen LogP contribution in [0.5, 0.6) is 0 Å². The fraction of sp³-hybridized carbons (Fsp3) is 0.0870. The van der Waals surface area contributed by atoms with Crippen molar-refractivity contribution in [3.05, 3.63) is 78.9 Å². The summed E-state index contributed by atoms with van der Waals surface area (Å²) in [5.41, 5.74) is 2.85. The van der Waals surface area contributed by atoms with Crippen molar-refractivity contribution in [1.29, 1.82) is 0 Å². The lowest BCUT2D eigenvalue weighted by atomic mass is 10.2. The van der Waals surface area contributed by atoms with Crippen molar-refractivity contribution in [2.75, 3.05) is 10.7 Å². The largest absolute Gasteiger partial charge is 0.305 e. The third kappa shape index (κ3) is 3.40. The molecule has 1 aromatic heterocycles. The van der Waals surface area contributed by atoms with Gasteiger partial charge in [-0.05, 0) is 24.3 Å². The van der Waals surface area contributed by atoms with Crippen molar-refractivity contribution in [2.45, 2.75) is 14.9 Å². The van der Waals surface area contributed by atoms with Gasteiger partial charge in [0.1, 0.15) is 0 Å². The van der Waals surface area contributed by atoms with Crippen LogP contribution in [0.25, 0.3) is 11.4 Å². The number of thioether (sulfide) groups is 1. The van der Waals surface area contributed by atoms with Gasteiger partial charge in [0.2, 0.25) is 5.91 Å². The molecule has 0 saturated heterocycles. The van der Waals surface area contributed by atoms with E-state index in [1.807, 2.05) is 83.2 Å². The van der Waals surface area contributed by atoms with Crippen LogP contribution in [0.15, 0.2) is 93.8 Å². The van der Waals surface area contributed by atoms with Gasteiger partial charge in [-0.2, -0.15) is 0 Å². The van der Waals surface area contributed by atoms with Gasteiger partial charge in [0.05, 0.1) is 17.1 Å². The van der Waals surface area contributed by atoms with Gasteiger partial charge in [-0.3, -0.25) is 9.69 Å². The molecule has 3 aromatic carbocycles. The van der Waals surface area contributed by atoms with Crippen molar-refractivity contribution < 1.29 is 4.79 Å². The molecule has 0 fully saturated rings. The summed E-state index contributed by atoms with van der Waals surface area (Å²) in [6.45, 7) is 0. The maximum atomic E-state index is 13.3. The molecule has 0 spiro atoms. The topological polar surface area (TPSA) is 51.0 Å². The summed E-state index contributed by atoms with van der Waals surface area (Å²) in [7, 11) is 1.93. The number of hydrogen-bond acceptors (Lipinski definition) is 5. The number of benzene rings is 3. The van der Waals surface area contributed by atoms with Gasteiger partial charge in [0.25, 0.3) is 0 Å². The van der Waals surface area contributed by atoms with E-state index in [9.17, 15) is 4.79 Å². The lowest BCUT2D eigenvalue weighted by Gasteiger charge is -2.30. The zero-order valence-corrected chi connectivity index (χ0v) is 17.9.